The van der Waals surface area contributed by atoms with Gasteiger partial charge in [0.15, 0.2) is 9.84 Å². The number of phenolic OH excluding ortho intramolecular Hbond substituents is 1. The van der Waals surface area contributed by atoms with Crippen molar-refractivity contribution in [3.05, 3.63) is 42.0 Å². The van der Waals surface area contributed by atoms with Crippen molar-refractivity contribution >= 4 is 27.4 Å². The number of hydrogen-bond acceptors (Lipinski definition) is 6. The summed E-state index contributed by atoms with van der Waals surface area (Å²) >= 11 is 0. The van der Waals surface area contributed by atoms with Crippen LogP contribution in [0.5, 0.6) is 17.2 Å². The molecule has 1 saturated carbocycles. The number of carbonyl (C=O) groups excluding carboxylic acids is 1. The van der Waals surface area contributed by atoms with E-state index < -0.39 is 28.1 Å². The number of amides is 1. The SMILES string of the molecule is Cc1cc(NC(=O)CC(=O)O)ccc1Oc1ccc(O)c(S(=O)(=O)CC2CCCC2)c1. The molecule has 0 aliphatic heterocycles. The summed E-state index contributed by atoms with van der Waals surface area (Å²) in [5.41, 5.74) is 1.07. The van der Waals surface area contributed by atoms with Gasteiger partial charge in [0.2, 0.25) is 5.91 Å². The van der Waals surface area contributed by atoms with Crippen LogP contribution in [0.15, 0.2) is 41.3 Å². The topological polar surface area (TPSA) is 130 Å². The van der Waals surface area contributed by atoms with Crippen LogP contribution in [0.4, 0.5) is 5.69 Å². The van der Waals surface area contributed by atoms with E-state index in [9.17, 15) is 23.1 Å². The van der Waals surface area contributed by atoms with Crippen LogP contribution in [-0.2, 0) is 19.4 Å². The molecule has 1 fully saturated rings. The van der Waals surface area contributed by atoms with Crippen molar-refractivity contribution in [2.45, 2.75) is 43.9 Å². The van der Waals surface area contributed by atoms with Crippen LogP contribution in [-0.4, -0.2) is 36.3 Å². The lowest BCUT2D eigenvalue weighted by Crippen LogP contribution is -2.15. The standard InChI is InChI=1S/C22H25NO7S/c1-14-10-16(23-21(25)12-22(26)27)6-9-19(14)30-17-7-8-18(24)20(11-17)31(28,29)13-15-4-2-3-5-15/h6-11,15,24H,2-5,12-13H2,1H3,(H,23,25)(H,26,27). The van der Waals surface area contributed by atoms with Crippen LogP contribution in [0.1, 0.15) is 37.7 Å². The molecule has 31 heavy (non-hydrogen) atoms. The Balaban J connectivity index is 1.76. The summed E-state index contributed by atoms with van der Waals surface area (Å²) in [6.07, 6.45) is 3.18. The molecule has 0 heterocycles. The molecule has 3 N–H and O–H groups in total. The number of carboxylic acids is 1. The van der Waals surface area contributed by atoms with E-state index in [1.807, 2.05) is 0 Å². The van der Waals surface area contributed by atoms with Crippen molar-refractivity contribution in [2.75, 3.05) is 11.1 Å². The number of anilines is 1. The van der Waals surface area contributed by atoms with Crippen LogP contribution in [0.2, 0.25) is 0 Å². The molecule has 0 aromatic heterocycles. The van der Waals surface area contributed by atoms with Gasteiger partial charge in [-0.2, -0.15) is 0 Å². The maximum Gasteiger partial charge on any atom is 0.312 e. The minimum absolute atomic E-state index is 0.00772. The van der Waals surface area contributed by atoms with Crippen molar-refractivity contribution in [1.82, 2.24) is 0 Å². The van der Waals surface area contributed by atoms with Crippen LogP contribution < -0.4 is 10.1 Å². The first-order chi connectivity index (χ1) is 14.6. The number of aliphatic carboxylic acids is 1. The number of carbonyl (C=O) groups is 2. The third-order valence-electron chi connectivity index (χ3n) is 5.19. The van der Waals surface area contributed by atoms with Crippen LogP contribution >= 0.6 is 0 Å². The average molecular weight is 448 g/mol. The van der Waals surface area contributed by atoms with Gasteiger partial charge < -0.3 is 20.3 Å². The third-order valence-corrected chi connectivity index (χ3v) is 7.10. The van der Waals surface area contributed by atoms with E-state index >= 15 is 0 Å². The van der Waals surface area contributed by atoms with Crippen molar-refractivity contribution < 1.29 is 33.0 Å². The van der Waals surface area contributed by atoms with Gasteiger partial charge in [0.25, 0.3) is 0 Å². The molecule has 0 unspecified atom stereocenters. The zero-order valence-electron chi connectivity index (χ0n) is 17.1. The van der Waals surface area contributed by atoms with E-state index in [2.05, 4.69) is 5.32 Å². The normalized spacial score (nSPS) is 14.4. The van der Waals surface area contributed by atoms with Gasteiger partial charge in [0.05, 0.1) is 5.75 Å². The number of aryl methyl sites for hydroxylation is 1. The van der Waals surface area contributed by atoms with E-state index in [-0.39, 0.29) is 28.1 Å². The fraction of sp³-hybridized carbons (Fsp3) is 0.364. The summed E-state index contributed by atoms with van der Waals surface area (Å²) in [6, 6.07) is 8.86. The molecule has 0 saturated heterocycles. The van der Waals surface area contributed by atoms with Crippen molar-refractivity contribution in [3.63, 3.8) is 0 Å². The molecule has 3 rings (SSSR count). The predicted molar refractivity (Wildman–Crippen MR) is 114 cm³/mol. The minimum Gasteiger partial charge on any atom is -0.507 e. The van der Waals surface area contributed by atoms with Crippen molar-refractivity contribution in [2.24, 2.45) is 5.92 Å². The number of aromatic hydroxyl groups is 1. The second-order valence-corrected chi connectivity index (χ2v) is 9.77. The Hall–Kier alpha value is -3.07. The first-order valence-corrected chi connectivity index (χ1v) is 11.7. The fourth-order valence-electron chi connectivity index (χ4n) is 3.70. The van der Waals surface area contributed by atoms with Crippen molar-refractivity contribution in [1.29, 1.82) is 0 Å². The minimum atomic E-state index is -3.65. The zero-order chi connectivity index (χ0) is 22.6. The average Bonchev–Trinajstić information content (AvgIpc) is 3.16. The van der Waals surface area contributed by atoms with Gasteiger partial charge >= 0.3 is 5.97 Å². The molecule has 0 spiro atoms. The number of ether oxygens (including phenoxy) is 1. The molecule has 0 bridgehead atoms. The van der Waals surface area contributed by atoms with Crippen LogP contribution in [0.3, 0.4) is 0 Å². The lowest BCUT2D eigenvalue weighted by Gasteiger charge is -2.14. The highest BCUT2D eigenvalue weighted by molar-refractivity contribution is 7.91. The first kappa shape index (κ1) is 22.6. The Morgan fingerprint density at radius 3 is 2.48 bits per heavy atom. The molecule has 1 aliphatic rings. The Bertz CT molecular complexity index is 1090. The van der Waals surface area contributed by atoms with Gasteiger partial charge in [-0.25, -0.2) is 8.42 Å². The summed E-state index contributed by atoms with van der Waals surface area (Å²) in [4.78, 5) is 22.0. The highest BCUT2D eigenvalue weighted by Crippen LogP contribution is 2.35. The summed E-state index contributed by atoms with van der Waals surface area (Å²) in [6.45, 7) is 1.74. The number of benzene rings is 2. The molecule has 166 valence electrons. The number of carboxylic acid groups (broad SMARTS) is 1. The fourth-order valence-corrected chi connectivity index (χ4v) is 5.51. The molecule has 8 nitrogen and oxygen atoms in total. The Kier molecular flexibility index (Phi) is 6.84. The second-order valence-electron chi connectivity index (χ2n) is 7.76. The maximum absolute atomic E-state index is 12.8. The lowest BCUT2D eigenvalue weighted by molar-refractivity contribution is -0.139. The third kappa shape index (κ3) is 5.97. The Labute approximate surface area is 180 Å². The molecule has 1 aliphatic carbocycles. The summed E-state index contributed by atoms with van der Waals surface area (Å²) < 4.78 is 31.4. The summed E-state index contributed by atoms with van der Waals surface area (Å²) in [7, 11) is -3.65. The monoisotopic (exact) mass is 447 g/mol. The summed E-state index contributed by atoms with van der Waals surface area (Å²) in [5.74, 6) is -1.36. The Morgan fingerprint density at radius 2 is 1.84 bits per heavy atom. The van der Waals surface area contributed by atoms with E-state index in [0.29, 0.717) is 17.0 Å². The number of hydrogen-bond donors (Lipinski definition) is 3. The molecule has 2 aromatic carbocycles. The quantitative estimate of drug-likeness (QED) is 0.524. The van der Waals surface area contributed by atoms with Gasteiger partial charge in [-0.3, -0.25) is 9.59 Å². The molecule has 0 atom stereocenters. The number of rotatable bonds is 8. The summed E-state index contributed by atoms with van der Waals surface area (Å²) in [5, 5.41) is 21.3. The second kappa shape index (κ2) is 9.38. The molecular formula is C22H25NO7S. The van der Waals surface area contributed by atoms with E-state index in [1.165, 1.54) is 18.2 Å². The largest absolute Gasteiger partial charge is 0.507 e. The van der Waals surface area contributed by atoms with Crippen LogP contribution in [0.25, 0.3) is 0 Å². The van der Waals surface area contributed by atoms with E-state index in [1.54, 1.807) is 25.1 Å². The molecule has 1 amide bonds. The van der Waals surface area contributed by atoms with Gasteiger partial charge in [0, 0.05) is 11.8 Å². The highest BCUT2D eigenvalue weighted by Gasteiger charge is 2.26. The molecule has 9 heteroatoms. The van der Waals surface area contributed by atoms with Gasteiger partial charge in [-0.15, -0.1) is 0 Å². The van der Waals surface area contributed by atoms with Crippen molar-refractivity contribution in [3.8, 4) is 17.2 Å². The number of nitrogens with one attached hydrogen (secondary N) is 1. The predicted octanol–water partition coefficient (Wildman–Crippen LogP) is 3.87. The van der Waals surface area contributed by atoms with Crippen LogP contribution in [0, 0.1) is 12.8 Å². The Morgan fingerprint density at radius 1 is 1.13 bits per heavy atom. The van der Waals surface area contributed by atoms with E-state index in [4.69, 9.17) is 9.84 Å². The van der Waals surface area contributed by atoms with Gasteiger partial charge in [0.1, 0.15) is 28.6 Å². The molecular weight excluding hydrogens is 422 g/mol. The zero-order valence-corrected chi connectivity index (χ0v) is 17.9. The van der Waals surface area contributed by atoms with E-state index in [0.717, 1.165) is 25.7 Å². The highest BCUT2D eigenvalue weighted by atomic mass is 32.2. The number of phenols is 1. The van der Waals surface area contributed by atoms with Gasteiger partial charge in [-0.1, -0.05) is 12.8 Å². The molecule has 2 aromatic rings. The van der Waals surface area contributed by atoms with Gasteiger partial charge in [-0.05, 0) is 61.6 Å². The number of sulfone groups is 1. The maximum atomic E-state index is 12.8. The first-order valence-electron chi connectivity index (χ1n) is 10.00. The smallest absolute Gasteiger partial charge is 0.312 e. The molecule has 0 radical (unpaired) electrons. The lowest BCUT2D eigenvalue weighted by atomic mass is 10.1.